The summed E-state index contributed by atoms with van der Waals surface area (Å²) < 4.78 is 5.08. The van der Waals surface area contributed by atoms with E-state index in [4.69, 9.17) is 10.00 Å². The molecule has 18 heavy (non-hydrogen) atoms. The summed E-state index contributed by atoms with van der Waals surface area (Å²) in [6.45, 7) is 2.06. The molecule has 0 radical (unpaired) electrons. The Balaban J connectivity index is 2.82. The molecule has 96 valence electrons. The van der Waals surface area contributed by atoms with Gasteiger partial charge in [0.05, 0.1) is 19.1 Å². The van der Waals surface area contributed by atoms with Gasteiger partial charge in [-0.3, -0.25) is 4.79 Å². The smallest absolute Gasteiger partial charge is 0.141 e. The maximum Gasteiger partial charge on any atom is 0.141 e. The highest BCUT2D eigenvalue weighted by Gasteiger charge is 2.19. The van der Waals surface area contributed by atoms with Crippen molar-refractivity contribution in [2.45, 2.75) is 38.5 Å². The lowest BCUT2D eigenvalue weighted by molar-refractivity contribution is -0.120. The molecule has 0 bridgehead atoms. The standard InChI is InChI=1S/C15H19NO2/c1-3-4-5-15(17)14(10-11-16)12-6-8-13(18-2)9-7-12/h6-9,14H,3-5,10H2,1-2H3. The summed E-state index contributed by atoms with van der Waals surface area (Å²) in [5, 5.41) is 8.85. The second kappa shape index (κ2) is 7.50. The lowest BCUT2D eigenvalue weighted by Crippen LogP contribution is -2.12. The molecule has 0 fully saturated rings. The molecule has 0 saturated carbocycles. The third kappa shape index (κ3) is 3.89. The molecule has 0 aliphatic rings. The van der Waals surface area contributed by atoms with Crippen LogP contribution in [0, 0.1) is 11.3 Å². The van der Waals surface area contributed by atoms with E-state index in [9.17, 15) is 4.79 Å². The number of ether oxygens (including phenoxy) is 1. The summed E-state index contributed by atoms with van der Waals surface area (Å²) in [6.07, 6.45) is 2.67. The number of ketones is 1. The van der Waals surface area contributed by atoms with Gasteiger partial charge in [0, 0.05) is 12.8 Å². The number of unbranched alkanes of at least 4 members (excludes halogenated alkanes) is 1. The number of methoxy groups -OCH3 is 1. The molecular weight excluding hydrogens is 226 g/mol. The molecule has 3 heteroatoms. The lowest BCUT2D eigenvalue weighted by Gasteiger charge is -2.13. The average Bonchev–Trinajstić information content (AvgIpc) is 2.42. The van der Waals surface area contributed by atoms with Gasteiger partial charge >= 0.3 is 0 Å². The van der Waals surface area contributed by atoms with Crippen molar-refractivity contribution in [1.29, 1.82) is 5.26 Å². The van der Waals surface area contributed by atoms with Crippen LogP contribution in [-0.4, -0.2) is 12.9 Å². The predicted molar refractivity (Wildman–Crippen MR) is 70.5 cm³/mol. The van der Waals surface area contributed by atoms with Crippen molar-refractivity contribution in [3.8, 4) is 11.8 Å². The molecule has 0 saturated heterocycles. The van der Waals surface area contributed by atoms with Crippen LogP contribution < -0.4 is 4.74 Å². The molecule has 1 rings (SSSR count). The Morgan fingerprint density at radius 2 is 2.06 bits per heavy atom. The number of Topliss-reactive ketones (excluding diaryl/α,β-unsaturated/α-hetero) is 1. The van der Waals surface area contributed by atoms with Crippen LogP contribution in [0.2, 0.25) is 0 Å². The van der Waals surface area contributed by atoms with Crippen LogP contribution in [0.25, 0.3) is 0 Å². The lowest BCUT2D eigenvalue weighted by atomic mass is 9.89. The predicted octanol–water partition coefficient (Wildman–Crippen LogP) is 3.45. The van der Waals surface area contributed by atoms with Gasteiger partial charge in [0.25, 0.3) is 0 Å². The number of rotatable bonds is 7. The number of hydrogen-bond acceptors (Lipinski definition) is 3. The molecule has 0 aliphatic carbocycles. The molecular formula is C15H19NO2. The van der Waals surface area contributed by atoms with E-state index in [1.54, 1.807) is 7.11 Å². The van der Waals surface area contributed by atoms with Crippen molar-refractivity contribution < 1.29 is 9.53 Å². The topological polar surface area (TPSA) is 50.1 Å². The van der Waals surface area contributed by atoms with Gasteiger partial charge in [0.15, 0.2) is 0 Å². The Labute approximate surface area is 108 Å². The minimum atomic E-state index is -0.299. The van der Waals surface area contributed by atoms with E-state index in [0.717, 1.165) is 24.2 Å². The molecule has 0 amide bonds. The van der Waals surface area contributed by atoms with Crippen molar-refractivity contribution in [2.24, 2.45) is 0 Å². The zero-order chi connectivity index (χ0) is 13.4. The molecule has 0 spiro atoms. The molecule has 3 nitrogen and oxygen atoms in total. The first-order chi connectivity index (χ1) is 8.72. The minimum absolute atomic E-state index is 0.156. The van der Waals surface area contributed by atoms with Gasteiger partial charge in [-0.25, -0.2) is 0 Å². The van der Waals surface area contributed by atoms with E-state index in [2.05, 4.69) is 13.0 Å². The first-order valence-electron chi connectivity index (χ1n) is 6.26. The van der Waals surface area contributed by atoms with Crippen molar-refractivity contribution in [1.82, 2.24) is 0 Å². The first-order valence-corrected chi connectivity index (χ1v) is 6.26. The van der Waals surface area contributed by atoms with Crippen molar-refractivity contribution >= 4 is 5.78 Å². The summed E-state index contributed by atoms with van der Waals surface area (Å²) >= 11 is 0. The monoisotopic (exact) mass is 245 g/mol. The maximum atomic E-state index is 12.1. The van der Waals surface area contributed by atoms with Gasteiger partial charge in [-0.15, -0.1) is 0 Å². The molecule has 0 N–H and O–H groups in total. The van der Waals surface area contributed by atoms with Gasteiger partial charge in [-0.1, -0.05) is 25.5 Å². The SMILES string of the molecule is CCCCC(=O)C(CC#N)c1ccc(OC)cc1. The summed E-state index contributed by atoms with van der Waals surface area (Å²) in [5.41, 5.74) is 0.901. The largest absolute Gasteiger partial charge is 0.497 e. The van der Waals surface area contributed by atoms with E-state index >= 15 is 0 Å². The number of nitrogens with zero attached hydrogens (tertiary/aromatic N) is 1. The third-order valence-corrected chi connectivity index (χ3v) is 2.98. The van der Waals surface area contributed by atoms with E-state index < -0.39 is 0 Å². The van der Waals surface area contributed by atoms with Crippen LogP contribution in [0.5, 0.6) is 5.75 Å². The number of hydrogen-bond donors (Lipinski definition) is 0. The number of nitriles is 1. The Morgan fingerprint density at radius 1 is 1.39 bits per heavy atom. The molecule has 1 unspecified atom stereocenters. The van der Waals surface area contributed by atoms with Crippen LogP contribution in [0.4, 0.5) is 0 Å². The summed E-state index contributed by atoms with van der Waals surface area (Å²) in [5.74, 6) is 0.617. The van der Waals surface area contributed by atoms with Gasteiger partial charge in [-0.2, -0.15) is 5.26 Å². The van der Waals surface area contributed by atoms with Crippen LogP contribution in [0.15, 0.2) is 24.3 Å². The van der Waals surface area contributed by atoms with Crippen LogP contribution in [0.1, 0.15) is 44.1 Å². The fourth-order valence-corrected chi connectivity index (χ4v) is 1.87. The number of carbonyl (C=O) groups is 1. The normalized spacial score (nSPS) is 11.6. The Morgan fingerprint density at radius 3 is 2.56 bits per heavy atom. The fourth-order valence-electron chi connectivity index (χ4n) is 1.87. The van der Waals surface area contributed by atoms with E-state index in [1.165, 1.54) is 0 Å². The summed E-state index contributed by atoms with van der Waals surface area (Å²) in [7, 11) is 1.61. The fraction of sp³-hybridized carbons (Fsp3) is 0.467. The van der Waals surface area contributed by atoms with Crippen molar-refractivity contribution in [3.05, 3.63) is 29.8 Å². The van der Waals surface area contributed by atoms with Crippen molar-refractivity contribution in [3.63, 3.8) is 0 Å². The van der Waals surface area contributed by atoms with Gasteiger partial charge in [0.2, 0.25) is 0 Å². The van der Waals surface area contributed by atoms with Gasteiger partial charge in [-0.05, 0) is 24.1 Å². The average molecular weight is 245 g/mol. The highest BCUT2D eigenvalue weighted by atomic mass is 16.5. The highest BCUT2D eigenvalue weighted by molar-refractivity contribution is 5.86. The quantitative estimate of drug-likeness (QED) is 0.739. The molecule has 0 aliphatic heterocycles. The van der Waals surface area contributed by atoms with Crippen LogP contribution in [-0.2, 0) is 4.79 Å². The minimum Gasteiger partial charge on any atom is -0.497 e. The molecule has 1 aromatic carbocycles. The molecule has 0 heterocycles. The second-order valence-corrected chi connectivity index (χ2v) is 4.26. The second-order valence-electron chi connectivity index (χ2n) is 4.26. The molecule has 0 aromatic heterocycles. The summed E-state index contributed by atoms with van der Waals surface area (Å²) in [4.78, 5) is 12.1. The third-order valence-electron chi connectivity index (χ3n) is 2.98. The number of benzene rings is 1. The van der Waals surface area contributed by atoms with Crippen LogP contribution in [0.3, 0.4) is 0 Å². The van der Waals surface area contributed by atoms with E-state index in [0.29, 0.717) is 6.42 Å². The Hall–Kier alpha value is -1.82. The zero-order valence-corrected chi connectivity index (χ0v) is 11.0. The van der Waals surface area contributed by atoms with E-state index in [1.807, 2.05) is 24.3 Å². The summed E-state index contributed by atoms with van der Waals surface area (Å²) in [6, 6.07) is 9.48. The van der Waals surface area contributed by atoms with Gasteiger partial charge < -0.3 is 4.74 Å². The number of carbonyl (C=O) groups excluding carboxylic acids is 1. The Bertz CT molecular complexity index is 417. The van der Waals surface area contributed by atoms with E-state index in [-0.39, 0.29) is 18.1 Å². The highest BCUT2D eigenvalue weighted by Crippen LogP contribution is 2.24. The molecule has 1 aromatic rings. The zero-order valence-electron chi connectivity index (χ0n) is 11.0. The van der Waals surface area contributed by atoms with Crippen molar-refractivity contribution in [2.75, 3.05) is 7.11 Å². The first kappa shape index (κ1) is 14.2. The van der Waals surface area contributed by atoms with Gasteiger partial charge in [0.1, 0.15) is 11.5 Å². The molecule has 1 atom stereocenters. The van der Waals surface area contributed by atoms with Crippen LogP contribution >= 0.6 is 0 Å². The maximum absolute atomic E-state index is 12.1. The Kier molecular flexibility index (Phi) is 5.93.